The van der Waals surface area contributed by atoms with Crippen molar-refractivity contribution in [1.82, 2.24) is 10.2 Å². The molecule has 42 heavy (non-hydrogen) atoms. The number of hydrogen-bond acceptors (Lipinski definition) is 4. The molecule has 3 aromatic carbocycles. The Morgan fingerprint density at radius 2 is 1.55 bits per heavy atom. The maximum Gasteiger partial charge on any atom is 0.244 e. The van der Waals surface area contributed by atoms with Gasteiger partial charge in [-0.2, -0.15) is 0 Å². The van der Waals surface area contributed by atoms with E-state index in [-0.39, 0.29) is 30.8 Å². The van der Waals surface area contributed by atoms with E-state index >= 15 is 0 Å². The molecule has 4 rings (SSSR count). The second-order valence-electron chi connectivity index (χ2n) is 11.3. The maximum absolute atomic E-state index is 14.2. The highest BCUT2D eigenvalue weighted by molar-refractivity contribution is 7.92. The third kappa shape index (κ3) is 8.35. The van der Waals surface area contributed by atoms with Crippen molar-refractivity contribution in [2.45, 2.75) is 70.5 Å². The number of nitrogens with zero attached hydrogens (tertiary/aromatic N) is 2. The molecule has 7 nitrogen and oxygen atoms in total. The summed E-state index contributed by atoms with van der Waals surface area (Å²) in [6, 6.07) is 23.1. The molecule has 1 fully saturated rings. The second-order valence-corrected chi connectivity index (χ2v) is 13.6. The molecule has 0 aliphatic heterocycles. The van der Waals surface area contributed by atoms with E-state index in [1.165, 1.54) is 4.90 Å². The van der Waals surface area contributed by atoms with Crippen LogP contribution in [0.4, 0.5) is 5.69 Å². The van der Waals surface area contributed by atoms with Crippen molar-refractivity contribution in [2.24, 2.45) is 0 Å². The molecule has 1 saturated carbocycles. The van der Waals surface area contributed by atoms with Crippen LogP contribution < -0.4 is 9.62 Å². The Hall–Kier alpha value is -3.36. The van der Waals surface area contributed by atoms with E-state index in [0.717, 1.165) is 47.4 Å². The zero-order chi connectivity index (χ0) is 30.3. The predicted octanol–water partition coefficient (Wildman–Crippen LogP) is 5.93. The lowest BCUT2D eigenvalue weighted by molar-refractivity contribution is -0.140. The quantitative estimate of drug-likeness (QED) is 0.276. The first kappa shape index (κ1) is 31.6. The standard InChI is InChI=1S/C33H40ClN3O4S/c1-24(2)26-17-19-29(20-18-26)37(42(3,40)41)23-32(38)36(22-27-13-7-10-16-30(27)34)31(21-25-11-5-4-6-12-25)33(39)35-28-14-8-9-15-28/h4-7,10-13,16-20,24,28,31H,8-9,14-15,21-23H2,1-3H3,(H,35,39)/t31-/m1/s1. The molecular formula is C33H40ClN3O4S. The lowest BCUT2D eigenvalue weighted by Crippen LogP contribution is -2.54. The fourth-order valence-corrected chi connectivity index (χ4v) is 6.42. The number of rotatable bonds is 12. The van der Waals surface area contributed by atoms with E-state index in [1.54, 1.807) is 24.3 Å². The van der Waals surface area contributed by atoms with Gasteiger partial charge in [-0.15, -0.1) is 0 Å². The fraction of sp³-hybridized carbons (Fsp3) is 0.394. The SMILES string of the molecule is CC(C)c1ccc(N(CC(=O)N(Cc2ccccc2Cl)[C@H](Cc2ccccc2)C(=O)NC2CCCC2)S(C)(=O)=O)cc1. The Balaban J connectivity index is 1.72. The van der Waals surface area contributed by atoms with Crippen molar-refractivity contribution in [2.75, 3.05) is 17.1 Å². The summed E-state index contributed by atoms with van der Waals surface area (Å²) in [6.07, 6.45) is 5.26. The zero-order valence-corrected chi connectivity index (χ0v) is 26.1. The average Bonchev–Trinajstić information content (AvgIpc) is 3.47. The molecule has 1 N–H and O–H groups in total. The van der Waals surface area contributed by atoms with Gasteiger partial charge in [0.05, 0.1) is 11.9 Å². The number of halogens is 1. The van der Waals surface area contributed by atoms with Gasteiger partial charge in [-0.05, 0) is 53.6 Å². The summed E-state index contributed by atoms with van der Waals surface area (Å²) < 4.78 is 27.1. The Morgan fingerprint density at radius 3 is 2.14 bits per heavy atom. The number of carbonyl (C=O) groups excluding carboxylic acids is 2. The summed E-state index contributed by atoms with van der Waals surface area (Å²) in [5.41, 5.74) is 3.02. The van der Waals surface area contributed by atoms with Crippen LogP contribution >= 0.6 is 11.6 Å². The van der Waals surface area contributed by atoms with Gasteiger partial charge in [0.1, 0.15) is 12.6 Å². The van der Waals surface area contributed by atoms with Crippen molar-refractivity contribution < 1.29 is 18.0 Å². The maximum atomic E-state index is 14.2. The number of sulfonamides is 1. The van der Waals surface area contributed by atoms with E-state index in [9.17, 15) is 18.0 Å². The minimum atomic E-state index is -3.82. The van der Waals surface area contributed by atoms with Crippen LogP contribution in [0.3, 0.4) is 0 Å². The minimum absolute atomic E-state index is 0.0536. The molecule has 1 atom stereocenters. The molecule has 9 heteroatoms. The number of nitrogens with one attached hydrogen (secondary N) is 1. The fourth-order valence-electron chi connectivity index (χ4n) is 5.37. The van der Waals surface area contributed by atoms with Gasteiger partial charge < -0.3 is 10.2 Å². The molecule has 1 aliphatic rings. The largest absolute Gasteiger partial charge is 0.352 e. The molecule has 0 aromatic heterocycles. The molecule has 3 aromatic rings. The van der Waals surface area contributed by atoms with Gasteiger partial charge >= 0.3 is 0 Å². The van der Waals surface area contributed by atoms with Gasteiger partial charge in [0.25, 0.3) is 0 Å². The molecule has 1 aliphatic carbocycles. The highest BCUT2D eigenvalue weighted by Crippen LogP contribution is 2.25. The normalized spacial score (nSPS) is 14.5. The van der Waals surface area contributed by atoms with Gasteiger partial charge in [-0.25, -0.2) is 8.42 Å². The number of amides is 2. The monoisotopic (exact) mass is 609 g/mol. The first-order chi connectivity index (χ1) is 20.0. The predicted molar refractivity (Wildman–Crippen MR) is 169 cm³/mol. The van der Waals surface area contributed by atoms with E-state index in [0.29, 0.717) is 16.3 Å². The van der Waals surface area contributed by atoms with E-state index in [2.05, 4.69) is 19.2 Å². The summed E-state index contributed by atoms with van der Waals surface area (Å²) in [4.78, 5) is 29.6. The van der Waals surface area contributed by atoms with Crippen molar-refractivity contribution in [3.05, 3.63) is 101 Å². The van der Waals surface area contributed by atoms with Crippen LogP contribution in [0.15, 0.2) is 78.9 Å². The molecule has 0 heterocycles. The van der Waals surface area contributed by atoms with Gasteiger partial charge in [-0.1, -0.05) is 99.0 Å². The zero-order valence-electron chi connectivity index (χ0n) is 24.5. The molecular weight excluding hydrogens is 570 g/mol. The molecule has 0 bridgehead atoms. The topological polar surface area (TPSA) is 86.8 Å². The van der Waals surface area contributed by atoms with Crippen LogP contribution in [-0.4, -0.2) is 50.0 Å². The molecule has 2 amide bonds. The molecule has 0 spiro atoms. The molecule has 0 saturated heterocycles. The highest BCUT2D eigenvalue weighted by Gasteiger charge is 2.34. The first-order valence-corrected chi connectivity index (χ1v) is 16.7. The third-order valence-electron chi connectivity index (χ3n) is 7.80. The summed E-state index contributed by atoms with van der Waals surface area (Å²) in [6.45, 7) is 3.72. The lowest BCUT2D eigenvalue weighted by atomic mass is 10.0. The van der Waals surface area contributed by atoms with Crippen LogP contribution in [0.5, 0.6) is 0 Å². The van der Waals surface area contributed by atoms with Crippen LogP contribution in [-0.2, 0) is 32.6 Å². The summed E-state index contributed by atoms with van der Waals surface area (Å²) >= 11 is 6.52. The summed E-state index contributed by atoms with van der Waals surface area (Å²) in [7, 11) is -3.82. The van der Waals surface area contributed by atoms with Gasteiger partial charge in [0.2, 0.25) is 21.8 Å². The Labute approximate surface area is 254 Å². The van der Waals surface area contributed by atoms with Gasteiger partial charge in [0.15, 0.2) is 0 Å². The number of benzene rings is 3. The van der Waals surface area contributed by atoms with Crippen LogP contribution in [0.1, 0.15) is 62.1 Å². The third-order valence-corrected chi connectivity index (χ3v) is 9.31. The average molecular weight is 610 g/mol. The number of hydrogen-bond donors (Lipinski definition) is 1. The highest BCUT2D eigenvalue weighted by atomic mass is 35.5. The van der Waals surface area contributed by atoms with E-state index < -0.39 is 28.5 Å². The van der Waals surface area contributed by atoms with Crippen molar-refractivity contribution in [3.63, 3.8) is 0 Å². The summed E-state index contributed by atoms with van der Waals surface area (Å²) in [5, 5.41) is 3.64. The molecule has 224 valence electrons. The molecule has 0 radical (unpaired) electrons. The van der Waals surface area contributed by atoms with Crippen LogP contribution in [0.25, 0.3) is 0 Å². The molecule has 0 unspecified atom stereocenters. The number of anilines is 1. The van der Waals surface area contributed by atoms with Crippen molar-refractivity contribution >= 4 is 39.1 Å². The Morgan fingerprint density at radius 1 is 0.929 bits per heavy atom. The van der Waals surface area contributed by atoms with Gasteiger partial charge in [-0.3, -0.25) is 13.9 Å². The van der Waals surface area contributed by atoms with Crippen molar-refractivity contribution in [1.29, 1.82) is 0 Å². The Bertz CT molecular complexity index is 1460. The van der Waals surface area contributed by atoms with Crippen LogP contribution in [0, 0.1) is 0 Å². The first-order valence-electron chi connectivity index (χ1n) is 14.5. The smallest absolute Gasteiger partial charge is 0.244 e. The van der Waals surface area contributed by atoms with Gasteiger partial charge in [0, 0.05) is 24.0 Å². The minimum Gasteiger partial charge on any atom is -0.352 e. The summed E-state index contributed by atoms with van der Waals surface area (Å²) in [5.74, 6) is -0.468. The van der Waals surface area contributed by atoms with E-state index in [1.807, 2.05) is 54.6 Å². The van der Waals surface area contributed by atoms with E-state index in [4.69, 9.17) is 11.6 Å². The second kappa shape index (κ2) is 14.2. The number of carbonyl (C=O) groups is 2. The van der Waals surface area contributed by atoms with Crippen molar-refractivity contribution in [3.8, 4) is 0 Å². The lowest BCUT2D eigenvalue weighted by Gasteiger charge is -2.34. The van der Waals surface area contributed by atoms with Crippen LogP contribution in [0.2, 0.25) is 5.02 Å². The Kier molecular flexibility index (Phi) is 10.7.